The third kappa shape index (κ3) is 2.47. The number of anilines is 1. The van der Waals surface area contributed by atoms with Crippen LogP contribution in [0.15, 0.2) is 18.5 Å². The number of nitrogens with one attached hydrogen (secondary N) is 1. The van der Waals surface area contributed by atoms with E-state index in [4.69, 9.17) is 11.2 Å². The molecule has 0 fully saturated rings. The summed E-state index contributed by atoms with van der Waals surface area (Å²) in [5.74, 6) is 2.94. The van der Waals surface area contributed by atoms with Crippen LogP contribution in [-0.4, -0.2) is 23.0 Å². The molecule has 0 saturated carbocycles. The summed E-state index contributed by atoms with van der Waals surface area (Å²) in [6.45, 7) is 1.78. The monoisotopic (exact) mass is 255 g/mol. The van der Waals surface area contributed by atoms with Crippen LogP contribution in [0, 0.1) is 12.3 Å². The molecule has 5 heteroatoms. The molecule has 1 aromatic heterocycles. The summed E-state index contributed by atoms with van der Waals surface area (Å²) in [5, 5.41) is 3.47. The van der Waals surface area contributed by atoms with Gasteiger partial charge in [-0.25, -0.2) is 9.97 Å². The van der Waals surface area contributed by atoms with Crippen molar-refractivity contribution in [1.29, 1.82) is 0 Å². The number of fused-ring (bicyclic) bond motifs is 1. The van der Waals surface area contributed by atoms with E-state index in [9.17, 15) is 4.79 Å². The molecule has 0 aliphatic carbocycles. The lowest BCUT2D eigenvalue weighted by Crippen LogP contribution is -2.10. The second kappa shape index (κ2) is 5.36. The number of benzene rings is 1. The second-order valence-corrected chi connectivity index (χ2v) is 3.84. The van der Waals surface area contributed by atoms with Gasteiger partial charge >= 0.3 is 0 Å². The molecule has 0 saturated heterocycles. The minimum atomic E-state index is -0.100. The first-order valence-electron chi connectivity index (χ1n) is 5.78. The molecule has 1 amide bonds. The highest BCUT2D eigenvalue weighted by atomic mass is 16.5. The van der Waals surface area contributed by atoms with Gasteiger partial charge in [0.2, 0.25) is 5.91 Å². The summed E-state index contributed by atoms with van der Waals surface area (Å²) in [4.78, 5) is 19.7. The molecule has 19 heavy (non-hydrogen) atoms. The quantitative estimate of drug-likeness (QED) is 0.852. The van der Waals surface area contributed by atoms with Gasteiger partial charge in [-0.2, -0.15) is 0 Å². The Balaban J connectivity index is 2.62. The molecule has 2 rings (SSSR count). The maximum absolute atomic E-state index is 11.5. The highest BCUT2D eigenvalue weighted by molar-refractivity contribution is 5.97. The zero-order chi connectivity index (χ0) is 13.8. The minimum absolute atomic E-state index is 0.100. The van der Waals surface area contributed by atoms with Crippen LogP contribution in [0.1, 0.15) is 19.0 Å². The van der Waals surface area contributed by atoms with Crippen molar-refractivity contribution in [2.75, 3.05) is 12.4 Å². The van der Waals surface area contributed by atoms with E-state index in [0.29, 0.717) is 34.5 Å². The zero-order valence-corrected chi connectivity index (χ0v) is 10.7. The van der Waals surface area contributed by atoms with Crippen molar-refractivity contribution >= 4 is 22.5 Å². The summed E-state index contributed by atoms with van der Waals surface area (Å²) in [7, 11) is 1.53. The van der Waals surface area contributed by atoms with Crippen LogP contribution in [0.3, 0.4) is 0 Å². The average Bonchev–Trinajstić information content (AvgIpc) is 2.45. The molecule has 96 valence electrons. The van der Waals surface area contributed by atoms with Gasteiger partial charge in [-0.15, -0.1) is 6.42 Å². The van der Waals surface area contributed by atoms with Gasteiger partial charge in [-0.3, -0.25) is 4.79 Å². The fourth-order valence-corrected chi connectivity index (χ4v) is 1.70. The molecule has 0 aliphatic rings. The van der Waals surface area contributed by atoms with E-state index in [1.165, 1.54) is 13.4 Å². The summed E-state index contributed by atoms with van der Waals surface area (Å²) >= 11 is 0. The lowest BCUT2D eigenvalue weighted by molar-refractivity contribution is -0.115. The van der Waals surface area contributed by atoms with Crippen molar-refractivity contribution in [3.8, 4) is 18.1 Å². The van der Waals surface area contributed by atoms with Gasteiger partial charge in [-0.1, -0.05) is 6.92 Å². The molecular formula is C14H13N3O2. The van der Waals surface area contributed by atoms with Crippen LogP contribution in [0.2, 0.25) is 0 Å². The maximum Gasteiger partial charge on any atom is 0.224 e. The number of terminal acetylenes is 1. The number of rotatable bonds is 3. The van der Waals surface area contributed by atoms with Gasteiger partial charge in [0.1, 0.15) is 17.8 Å². The molecular weight excluding hydrogens is 242 g/mol. The molecule has 0 atom stereocenters. The van der Waals surface area contributed by atoms with Crippen LogP contribution in [0.4, 0.5) is 5.69 Å². The number of amides is 1. The minimum Gasteiger partial charge on any atom is -0.494 e. The molecule has 1 aromatic carbocycles. The van der Waals surface area contributed by atoms with Gasteiger partial charge in [0.05, 0.1) is 18.3 Å². The first-order chi connectivity index (χ1) is 9.19. The van der Waals surface area contributed by atoms with Crippen molar-refractivity contribution in [2.24, 2.45) is 0 Å². The second-order valence-electron chi connectivity index (χ2n) is 3.84. The van der Waals surface area contributed by atoms with Crippen LogP contribution < -0.4 is 10.1 Å². The lowest BCUT2D eigenvalue weighted by Gasteiger charge is -2.11. The van der Waals surface area contributed by atoms with Crippen molar-refractivity contribution in [2.45, 2.75) is 13.3 Å². The van der Waals surface area contributed by atoms with Crippen LogP contribution in [0.5, 0.6) is 5.75 Å². The fraction of sp³-hybridized carbons (Fsp3) is 0.214. The number of hydrogen-bond donors (Lipinski definition) is 1. The zero-order valence-electron chi connectivity index (χ0n) is 10.7. The normalized spacial score (nSPS) is 9.95. The van der Waals surface area contributed by atoms with Crippen molar-refractivity contribution in [3.05, 3.63) is 24.2 Å². The highest BCUT2D eigenvalue weighted by Gasteiger charge is 2.11. The maximum atomic E-state index is 11.5. The van der Waals surface area contributed by atoms with E-state index in [0.717, 1.165) is 0 Å². The van der Waals surface area contributed by atoms with Gasteiger partial charge in [0, 0.05) is 17.9 Å². The summed E-state index contributed by atoms with van der Waals surface area (Å²) < 4.78 is 5.25. The van der Waals surface area contributed by atoms with Gasteiger partial charge in [-0.05, 0) is 12.0 Å². The third-order valence-corrected chi connectivity index (χ3v) is 2.69. The topological polar surface area (TPSA) is 64.1 Å². The van der Waals surface area contributed by atoms with Crippen molar-refractivity contribution in [1.82, 2.24) is 9.97 Å². The van der Waals surface area contributed by atoms with Crippen molar-refractivity contribution < 1.29 is 9.53 Å². The van der Waals surface area contributed by atoms with E-state index in [1.54, 1.807) is 19.1 Å². The Morgan fingerprint density at radius 3 is 2.89 bits per heavy atom. The van der Waals surface area contributed by atoms with E-state index in [-0.39, 0.29) is 5.91 Å². The van der Waals surface area contributed by atoms with E-state index < -0.39 is 0 Å². The molecule has 0 aliphatic heterocycles. The molecule has 1 N–H and O–H groups in total. The Morgan fingerprint density at radius 1 is 1.47 bits per heavy atom. The predicted octanol–water partition coefficient (Wildman–Crippen LogP) is 1.97. The standard InChI is InChI=1S/C14H13N3O2/c1-4-10-9-6-12(17-14(18)5-2)13(19-3)7-11(9)16-8-15-10/h1,6-8H,5H2,2-3H3,(H,17,18). The van der Waals surface area contributed by atoms with E-state index in [2.05, 4.69) is 21.2 Å². The first-order valence-corrected chi connectivity index (χ1v) is 5.78. The number of aromatic nitrogens is 2. The van der Waals surface area contributed by atoms with E-state index in [1.807, 2.05) is 0 Å². The first kappa shape index (κ1) is 12.8. The molecule has 0 unspecified atom stereocenters. The number of methoxy groups -OCH3 is 1. The summed E-state index contributed by atoms with van der Waals surface area (Å²) in [6, 6.07) is 3.46. The van der Waals surface area contributed by atoms with E-state index >= 15 is 0 Å². The molecule has 0 radical (unpaired) electrons. The average molecular weight is 255 g/mol. The molecule has 2 aromatic rings. The van der Waals surface area contributed by atoms with Gasteiger partial charge in [0.15, 0.2) is 0 Å². The van der Waals surface area contributed by atoms with Crippen molar-refractivity contribution in [3.63, 3.8) is 0 Å². The number of carbonyl (C=O) groups excluding carboxylic acids is 1. The highest BCUT2D eigenvalue weighted by Crippen LogP contribution is 2.30. The predicted molar refractivity (Wildman–Crippen MR) is 72.9 cm³/mol. The largest absolute Gasteiger partial charge is 0.494 e. The Hall–Kier alpha value is -2.61. The Labute approximate surface area is 111 Å². The summed E-state index contributed by atoms with van der Waals surface area (Å²) in [5.41, 5.74) is 1.72. The number of ether oxygens (including phenoxy) is 1. The Morgan fingerprint density at radius 2 is 2.26 bits per heavy atom. The number of hydrogen-bond acceptors (Lipinski definition) is 4. The summed E-state index contributed by atoms with van der Waals surface area (Å²) in [6.07, 6.45) is 7.19. The molecule has 5 nitrogen and oxygen atoms in total. The Bertz CT molecular complexity index is 674. The van der Waals surface area contributed by atoms with Crippen LogP contribution in [-0.2, 0) is 4.79 Å². The fourth-order valence-electron chi connectivity index (χ4n) is 1.70. The number of nitrogens with zero attached hydrogens (tertiary/aromatic N) is 2. The molecule has 0 bridgehead atoms. The van der Waals surface area contributed by atoms with Gasteiger partial charge in [0.25, 0.3) is 0 Å². The molecule has 0 spiro atoms. The number of carbonyl (C=O) groups is 1. The third-order valence-electron chi connectivity index (χ3n) is 2.69. The SMILES string of the molecule is C#Cc1ncnc2cc(OC)c(NC(=O)CC)cc12. The van der Waals surface area contributed by atoms with Crippen LogP contribution in [0.25, 0.3) is 10.9 Å². The van der Waals surface area contributed by atoms with Gasteiger partial charge < -0.3 is 10.1 Å². The van der Waals surface area contributed by atoms with Crippen LogP contribution >= 0.6 is 0 Å². The molecule has 1 heterocycles. The Kier molecular flexibility index (Phi) is 3.62. The lowest BCUT2D eigenvalue weighted by atomic mass is 10.1. The smallest absolute Gasteiger partial charge is 0.224 e.